The van der Waals surface area contributed by atoms with Crippen LogP contribution in [0, 0.1) is 20.2 Å². The molecule has 142 valence electrons. The van der Waals surface area contributed by atoms with E-state index in [1.54, 1.807) is 12.1 Å². The van der Waals surface area contributed by atoms with Crippen molar-refractivity contribution in [3.05, 3.63) is 74.3 Å². The summed E-state index contributed by atoms with van der Waals surface area (Å²) in [5.41, 5.74) is 5.54. The molecule has 0 bridgehead atoms. The van der Waals surface area contributed by atoms with Gasteiger partial charge in [0.15, 0.2) is 5.15 Å². The summed E-state index contributed by atoms with van der Waals surface area (Å²) in [6, 6.07) is 8.64. The summed E-state index contributed by atoms with van der Waals surface area (Å²) < 4.78 is 0. The van der Waals surface area contributed by atoms with Crippen LogP contribution < -0.4 is 16.2 Å². The average molecular weight is 403 g/mol. The molecule has 2 aromatic heterocycles. The number of nitrogens with one attached hydrogen (secondary N) is 3. The molecular formula is C15H11ClN8O4. The molecule has 3 N–H and O–H groups in total. The van der Waals surface area contributed by atoms with Gasteiger partial charge in [-0.25, -0.2) is 15.0 Å². The number of nitrogens with zero attached hydrogens (tertiary/aromatic N) is 5. The topological polar surface area (TPSA) is 161 Å². The van der Waals surface area contributed by atoms with E-state index < -0.39 is 15.5 Å². The predicted molar refractivity (Wildman–Crippen MR) is 102 cm³/mol. The summed E-state index contributed by atoms with van der Waals surface area (Å²) >= 11 is 5.96. The quantitative estimate of drug-likeness (QED) is 0.302. The Morgan fingerprint density at radius 2 is 1.61 bits per heavy atom. The van der Waals surface area contributed by atoms with Crippen LogP contribution in [0.5, 0.6) is 0 Å². The molecule has 0 radical (unpaired) electrons. The summed E-state index contributed by atoms with van der Waals surface area (Å²) in [4.78, 5) is 32.7. The van der Waals surface area contributed by atoms with Gasteiger partial charge in [-0.2, -0.15) is 0 Å². The van der Waals surface area contributed by atoms with Crippen LogP contribution in [0.3, 0.4) is 0 Å². The van der Waals surface area contributed by atoms with Crippen LogP contribution >= 0.6 is 11.6 Å². The van der Waals surface area contributed by atoms with E-state index in [2.05, 4.69) is 31.1 Å². The van der Waals surface area contributed by atoms with Crippen molar-refractivity contribution in [2.75, 3.05) is 16.2 Å². The number of hydrogen-bond donors (Lipinski definition) is 3. The number of anilines is 4. The molecule has 2 heterocycles. The van der Waals surface area contributed by atoms with Crippen LogP contribution in [0.2, 0.25) is 5.15 Å². The molecule has 0 atom stereocenters. The van der Waals surface area contributed by atoms with Gasteiger partial charge in [-0.1, -0.05) is 11.6 Å². The SMILES string of the molecule is O=[N+]([O-])c1ccc(NNc2ncnc(Nc3cccnc3Cl)c2[N+](=O)[O-])cc1. The first kappa shape index (κ1) is 18.7. The largest absolute Gasteiger partial charge is 0.355 e. The number of pyridine rings is 1. The van der Waals surface area contributed by atoms with E-state index in [1.807, 2.05) is 0 Å². The highest BCUT2D eigenvalue weighted by atomic mass is 35.5. The van der Waals surface area contributed by atoms with Crippen molar-refractivity contribution < 1.29 is 9.85 Å². The number of benzene rings is 1. The highest BCUT2D eigenvalue weighted by Crippen LogP contribution is 2.32. The normalized spacial score (nSPS) is 10.2. The molecule has 0 unspecified atom stereocenters. The third-order valence-electron chi connectivity index (χ3n) is 3.42. The Labute approximate surface area is 161 Å². The Balaban J connectivity index is 1.84. The maximum absolute atomic E-state index is 11.5. The highest BCUT2D eigenvalue weighted by molar-refractivity contribution is 6.32. The van der Waals surface area contributed by atoms with Crippen LogP contribution in [-0.2, 0) is 0 Å². The van der Waals surface area contributed by atoms with Gasteiger partial charge in [0.25, 0.3) is 5.69 Å². The molecule has 3 aromatic rings. The van der Waals surface area contributed by atoms with Crippen LogP contribution in [0.4, 0.5) is 34.4 Å². The van der Waals surface area contributed by atoms with Gasteiger partial charge in [-0.15, -0.1) is 0 Å². The molecule has 13 heteroatoms. The summed E-state index contributed by atoms with van der Waals surface area (Å²) in [6.45, 7) is 0. The minimum atomic E-state index is -0.660. The average Bonchev–Trinajstić information content (AvgIpc) is 2.68. The lowest BCUT2D eigenvalue weighted by atomic mass is 10.3. The lowest BCUT2D eigenvalue weighted by Crippen LogP contribution is -2.13. The molecule has 0 spiro atoms. The number of nitro benzene ring substituents is 1. The maximum Gasteiger partial charge on any atom is 0.355 e. The molecule has 0 aliphatic carbocycles. The summed E-state index contributed by atoms with van der Waals surface area (Å²) in [7, 11) is 0. The van der Waals surface area contributed by atoms with Crippen molar-refractivity contribution in [2.24, 2.45) is 0 Å². The zero-order valence-electron chi connectivity index (χ0n) is 13.9. The minimum Gasteiger partial charge on any atom is -0.332 e. The Morgan fingerprint density at radius 3 is 2.25 bits per heavy atom. The molecule has 3 rings (SSSR count). The first-order chi connectivity index (χ1) is 13.5. The summed E-state index contributed by atoms with van der Waals surface area (Å²) in [5, 5.41) is 25.1. The van der Waals surface area contributed by atoms with Crippen LogP contribution in [0.25, 0.3) is 0 Å². The first-order valence-electron chi connectivity index (χ1n) is 7.59. The fraction of sp³-hybridized carbons (Fsp3) is 0. The van der Waals surface area contributed by atoms with Crippen molar-refractivity contribution >= 4 is 46.0 Å². The lowest BCUT2D eigenvalue weighted by molar-refractivity contribution is -0.384. The van der Waals surface area contributed by atoms with Gasteiger partial charge in [-0.3, -0.25) is 31.1 Å². The zero-order chi connectivity index (χ0) is 20.1. The molecule has 0 fully saturated rings. The van der Waals surface area contributed by atoms with Gasteiger partial charge >= 0.3 is 5.69 Å². The highest BCUT2D eigenvalue weighted by Gasteiger charge is 2.23. The third kappa shape index (κ3) is 4.19. The van der Waals surface area contributed by atoms with Crippen molar-refractivity contribution in [3.8, 4) is 0 Å². The number of hydrogen-bond acceptors (Lipinski definition) is 10. The Morgan fingerprint density at radius 1 is 0.893 bits per heavy atom. The number of rotatable bonds is 7. The van der Waals surface area contributed by atoms with Gasteiger partial charge < -0.3 is 5.32 Å². The van der Waals surface area contributed by atoms with Crippen LogP contribution in [0.1, 0.15) is 0 Å². The second kappa shape index (κ2) is 8.09. The zero-order valence-corrected chi connectivity index (χ0v) is 14.6. The van der Waals surface area contributed by atoms with E-state index in [0.29, 0.717) is 11.4 Å². The van der Waals surface area contributed by atoms with Gasteiger partial charge in [-0.05, 0) is 24.3 Å². The minimum absolute atomic E-state index is 0.0848. The van der Waals surface area contributed by atoms with Crippen LogP contribution in [-0.4, -0.2) is 24.8 Å². The van der Waals surface area contributed by atoms with Gasteiger partial charge in [0.2, 0.25) is 11.6 Å². The molecule has 0 aliphatic rings. The van der Waals surface area contributed by atoms with E-state index in [0.717, 1.165) is 6.33 Å². The van der Waals surface area contributed by atoms with E-state index in [4.69, 9.17) is 11.6 Å². The molecule has 0 saturated carbocycles. The predicted octanol–water partition coefficient (Wildman–Crippen LogP) is 3.52. The second-order valence-corrected chi connectivity index (χ2v) is 5.56. The molecule has 0 saturated heterocycles. The van der Waals surface area contributed by atoms with Gasteiger partial charge in [0.1, 0.15) is 6.33 Å². The Bertz CT molecular complexity index is 1030. The smallest absolute Gasteiger partial charge is 0.332 e. The fourth-order valence-electron chi connectivity index (χ4n) is 2.14. The summed E-state index contributed by atoms with van der Waals surface area (Å²) in [6.07, 6.45) is 2.60. The number of halogens is 1. The van der Waals surface area contributed by atoms with E-state index >= 15 is 0 Å². The van der Waals surface area contributed by atoms with Crippen molar-refractivity contribution in [3.63, 3.8) is 0 Å². The van der Waals surface area contributed by atoms with Crippen molar-refractivity contribution in [2.45, 2.75) is 0 Å². The Kier molecular flexibility index (Phi) is 5.41. The number of hydrazine groups is 1. The molecular weight excluding hydrogens is 392 g/mol. The third-order valence-corrected chi connectivity index (χ3v) is 3.72. The number of non-ortho nitro benzene ring substituents is 1. The first-order valence-corrected chi connectivity index (χ1v) is 7.97. The monoisotopic (exact) mass is 402 g/mol. The fourth-order valence-corrected chi connectivity index (χ4v) is 2.31. The summed E-state index contributed by atoms with van der Waals surface area (Å²) in [5.74, 6) is -0.219. The number of aromatic nitrogens is 3. The van der Waals surface area contributed by atoms with E-state index in [1.165, 1.54) is 30.5 Å². The van der Waals surface area contributed by atoms with E-state index in [-0.39, 0.29) is 22.5 Å². The lowest BCUT2D eigenvalue weighted by Gasteiger charge is -2.11. The molecule has 28 heavy (non-hydrogen) atoms. The number of nitro groups is 2. The molecule has 0 amide bonds. The van der Waals surface area contributed by atoms with Crippen LogP contribution in [0.15, 0.2) is 48.9 Å². The molecule has 1 aromatic carbocycles. The Hall–Kier alpha value is -4.06. The van der Waals surface area contributed by atoms with E-state index in [9.17, 15) is 20.2 Å². The second-order valence-electron chi connectivity index (χ2n) is 5.20. The van der Waals surface area contributed by atoms with Crippen molar-refractivity contribution in [1.29, 1.82) is 0 Å². The van der Waals surface area contributed by atoms with Gasteiger partial charge in [0, 0.05) is 18.3 Å². The molecule has 0 aliphatic heterocycles. The van der Waals surface area contributed by atoms with Gasteiger partial charge in [0.05, 0.1) is 21.2 Å². The maximum atomic E-state index is 11.5. The standard InChI is InChI=1S/C15H11ClN8O4/c16-13-11(2-1-7-17-13)20-14-12(24(27)28)15(19-8-18-14)22-21-9-3-5-10(6-4-9)23(25)26/h1-8,21H,(H2,18,19,20,22). The molecule has 12 nitrogen and oxygen atoms in total. The van der Waals surface area contributed by atoms with Crippen molar-refractivity contribution in [1.82, 2.24) is 15.0 Å².